The van der Waals surface area contributed by atoms with Gasteiger partial charge >= 0.3 is 0 Å². The maximum atomic E-state index is 12.5. The van der Waals surface area contributed by atoms with E-state index in [0.717, 1.165) is 22.8 Å². The first-order chi connectivity index (χ1) is 11.2. The van der Waals surface area contributed by atoms with E-state index in [0.29, 0.717) is 17.9 Å². The number of hydrogen-bond acceptors (Lipinski definition) is 3. The van der Waals surface area contributed by atoms with Crippen molar-refractivity contribution < 1.29 is 4.79 Å². The molecule has 4 nitrogen and oxygen atoms in total. The third kappa shape index (κ3) is 3.16. The Bertz CT molecular complexity index is 836. The van der Waals surface area contributed by atoms with Crippen molar-refractivity contribution in [2.24, 2.45) is 0 Å². The van der Waals surface area contributed by atoms with Crippen molar-refractivity contribution in [3.8, 4) is 0 Å². The molecule has 0 spiro atoms. The van der Waals surface area contributed by atoms with Crippen LogP contribution < -0.4 is 11.1 Å². The normalized spacial score (nSPS) is 10.7. The highest BCUT2D eigenvalue weighted by atomic mass is 16.1. The lowest BCUT2D eigenvalue weighted by atomic mass is 10.0. The summed E-state index contributed by atoms with van der Waals surface area (Å²) in [6.07, 6.45) is 2.49. The molecule has 4 heteroatoms. The number of pyridine rings is 1. The summed E-state index contributed by atoms with van der Waals surface area (Å²) in [4.78, 5) is 16.8. The number of fused-ring (bicyclic) bond motifs is 1. The fraction of sp³-hybridized carbons (Fsp3) is 0.158. The van der Waals surface area contributed by atoms with Crippen LogP contribution in [0, 0.1) is 6.92 Å². The van der Waals surface area contributed by atoms with Crippen molar-refractivity contribution in [3.63, 3.8) is 0 Å². The topological polar surface area (TPSA) is 68.0 Å². The number of aromatic nitrogens is 1. The van der Waals surface area contributed by atoms with Gasteiger partial charge in [0.2, 0.25) is 0 Å². The second-order valence-electron chi connectivity index (χ2n) is 5.55. The van der Waals surface area contributed by atoms with Gasteiger partial charge in [-0.25, -0.2) is 0 Å². The van der Waals surface area contributed by atoms with Gasteiger partial charge in [-0.05, 0) is 30.5 Å². The van der Waals surface area contributed by atoms with Gasteiger partial charge in [-0.1, -0.05) is 42.5 Å². The zero-order chi connectivity index (χ0) is 16.2. The van der Waals surface area contributed by atoms with Crippen molar-refractivity contribution >= 4 is 22.4 Å². The Balaban J connectivity index is 1.79. The van der Waals surface area contributed by atoms with Gasteiger partial charge in [-0.3, -0.25) is 9.78 Å². The molecule has 3 N–H and O–H groups in total. The molecule has 0 saturated heterocycles. The molecular formula is C19H19N3O. The summed E-state index contributed by atoms with van der Waals surface area (Å²) in [6, 6.07) is 15.6. The predicted molar refractivity (Wildman–Crippen MR) is 93.4 cm³/mol. The average Bonchev–Trinajstić information content (AvgIpc) is 2.56. The van der Waals surface area contributed by atoms with Gasteiger partial charge < -0.3 is 11.1 Å². The molecule has 1 aromatic heterocycles. The Labute approximate surface area is 135 Å². The van der Waals surface area contributed by atoms with Gasteiger partial charge in [-0.2, -0.15) is 0 Å². The van der Waals surface area contributed by atoms with Crippen LogP contribution in [0.1, 0.15) is 21.6 Å². The number of carbonyl (C=O) groups excluding carboxylic acids is 1. The number of nitrogens with one attached hydrogen (secondary N) is 1. The van der Waals surface area contributed by atoms with E-state index in [1.54, 1.807) is 6.20 Å². The summed E-state index contributed by atoms with van der Waals surface area (Å²) in [5, 5.41) is 4.63. The first-order valence-electron chi connectivity index (χ1n) is 7.63. The van der Waals surface area contributed by atoms with E-state index < -0.39 is 0 Å². The monoisotopic (exact) mass is 305 g/mol. The molecule has 1 heterocycles. The number of hydrogen-bond donors (Lipinski definition) is 2. The van der Waals surface area contributed by atoms with Gasteiger partial charge in [0.15, 0.2) is 0 Å². The molecule has 0 radical (unpaired) electrons. The predicted octanol–water partition coefficient (Wildman–Crippen LogP) is 3.10. The van der Waals surface area contributed by atoms with E-state index >= 15 is 0 Å². The number of amides is 1. The number of rotatable bonds is 4. The van der Waals surface area contributed by atoms with Crippen LogP contribution in [0.2, 0.25) is 0 Å². The number of nitrogen functional groups attached to an aromatic ring is 1. The van der Waals surface area contributed by atoms with Crippen LogP contribution in [0.3, 0.4) is 0 Å². The smallest absolute Gasteiger partial charge is 0.270 e. The molecule has 2 aromatic carbocycles. The van der Waals surface area contributed by atoms with Crippen LogP contribution in [0.4, 0.5) is 5.69 Å². The maximum absolute atomic E-state index is 12.5. The van der Waals surface area contributed by atoms with Crippen LogP contribution in [-0.4, -0.2) is 17.4 Å². The molecule has 23 heavy (non-hydrogen) atoms. The summed E-state index contributed by atoms with van der Waals surface area (Å²) in [6.45, 7) is 2.52. The zero-order valence-corrected chi connectivity index (χ0v) is 13.0. The minimum Gasteiger partial charge on any atom is -0.398 e. The lowest BCUT2D eigenvalue weighted by Gasteiger charge is -2.10. The molecule has 0 saturated carbocycles. The molecule has 0 aliphatic carbocycles. The lowest BCUT2D eigenvalue weighted by molar-refractivity contribution is 0.0951. The number of benzene rings is 2. The highest BCUT2D eigenvalue weighted by Gasteiger charge is 2.14. The molecule has 3 aromatic rings. The van der Waals surface area contributed by atoms with Crippen LogP contribution in [-0.2, 0) is 6.42 Å². The SMILES string of the molecule is Cc1cnc(C(=O)NCCc2ccccc2)c2cccc(N)c12. The molecule has 0 bridgehead atoms. The van der Waals surface area contributed by atoms with E-state index in [9.17, 15) is 4.79 Å². The molecule has 3 rings (SSSR count). The Morgan fingerprint density at radius 2 is 1.91 bits per heavy atom. The largest absolute Gasteiger partial charge is 0.398 e. The third-order valence-corrected chi connectivity index (χ3v) is 3.89. The molecule has 116 valence electrons. The van der Waals surface area contributed by atoms with Crippen molar-refractivity contribution in [2.45, 2.75) is 13.3 Å². The van der Waals surface area contributed by atoms with Crippen molar-refractivity contribution in [2.75, 3.05) is 12.3 Å². The highest BCUT2D eigenvalue weighted by Crippen LogP contribution is 2.26. The number of nitrogens with zero attached hydrogens (tertiary/aromatic N) is 1. The summed E-state index contributed by atoms with van der Waals surface area (Å²) >= 11 is 0. The summed E-state index contributed by atoms with van der Waals surface area (Å²) in [5.74, 6) is -0.170. The molecule has 0 aliphatic rings. The lowest BCUT2D eigenvalue weighted by Crippen LogP contribution is -2.26. The van der Waals surface area contributed by atoms with Gasteiger partial charge in [-0.15, -0.1) is 0 Å². The fourth-order valence-corrected chi connectivity index (χ4v) is 2.73. The van der Waals surface area contributed by atoms with Crippen molar-refractivity contribution in [1.29, 1.82) is 0 Å². The highest BCUT2D eigenvalue weighted by molar-refractivity contribution is 6.08. The van der Waals surface area contributed by atoms with E-state index in [1.807, 2.05) is 55.5 Å². The molecule has 0 aliphatic heterocycles. The molecule has 0 unspecified atom stereocenters. The average molecular weight is 305 g/mol. The van der Waals surface area contributed by atoms with Crippen LogP contribution >= 0.6 is 0 Å². The molecule has 0 fully saturated rings. The van der Waals surface area contributed by atoms with Gasteiger partial charge in [0.1, 0.15) is 5.69 Å². The molecule has 0 atom stereocenters. The number of carbonyl (C=O) groups is 1. The number of nitrogens with two attached hydrogens (primary N) is 1. The van der Waals surface area contributed by atoms with E-state index in [2.05, 4.69) is 10.3 Å². The summed E-state index contributed by atoms with van der Waals surface area (Å²) in [7, 11) is 0. The third-order valence-electron chi connectivity index (χ3n) is 3.89. The quantitative estimate of drug-likeness (QED) is 0.728. The van der Waals surface area contributed by atoms with E-state index in [1.165, 1.54) is 5.56 Å². The maximum Gasteiger partial charge on any atom is 0.270 e. The number of anilines is 1. The Hall–Kier alpha value is -2.88. The Morgan fingerprint density at radius 3 is 2.70 bits per heavy atom. The van der Waals surface area contributed by atoms with E-state index in [4.69, 9.17) is 5.73 Å². The minimum absolute atomic E-state index is 0.170. The van der Waals surface area contributed by atoms with Gasteiger partial charge in [0, 0.05) is 29.2 Å². The first kappa shape index (κ1) is 15.0. The van der Waals surface area contributed by atoms with Crippen molar-refractivity contribution in [1.82, 2.24) is 10.3 Å². The Kier molecular flexibility index (Phi) is 4.24. The molecule has 1 amide bonds. The van der Waals surface area contributed by atoms with Crippen LogP contribution in [0.25, 0.3) is 10.8 Å². The van der Waals surface area contributed by atoms with Crippen LogP contribution in [0.5, 0.6) is 0 Å². The van der Waals surface area contributed by atoms with Crippen molar-refractivity contribution in [3.05, 3.63) is 71.5 Å². The second-order valence-corrected chi connectivity index (χ2v) is 5.55. The summed E-state index contributed by atoms with van der Waals surface area (Å²) < 4.78 is 0. The Morgan fingerprint density at radius 1 is 1.13 bits per heavy atom. The number of aryl methyl sites for hydroxylation is 1. The summed E-state index contributed by atoms with van der Waals surface area (Å²) in [5.41, 5.74) is 9.30. The molecular weight excluding hydrogens is 286 g/mol. The zero-order valence-electron chi connectivity index (χ0n) is 13.0. The second kappa shape index (κ2) is 6.48. The first-order valence-corrected chi connectivity index (χ1v) is 7.63. The standard InChI is InChI=1S/C19H19N3O/c1-13-12-22-18(15-8-5-9-16(20)17(13)15)19(23)21-11-10-14-6-3-2-4-7-14/h2-9,12H,10-11,20H2,1H3,(H,21,23). The fourth-order valence-electron chi connectivity index (χ4n) is 2.73. The van der Waals surface area contributed by atoms with E-state index in [-0.39, 0.29) is 5.91 Å². The minimum atomic E-state index is -0.170. The van der Waals surface area contributed by atoms with Gasteiger partial charge in [0.05, 0.1) is 0 Å². The van der Waals surface area contributed by atoms with Gasteiger partial charge in [0.25, 0.3) is 5.91 Å². The van der Waals surface area contributed by atoms with Crippen LogP contribution in [0.15, 0.2) is 54.7 Å².